The monoisotopic (exact) mass is 595 g/mol. The molecule has 220 valence electrons. The summed E-state index contributed by atoms with van der Waals surface area (Å²) in [6, 6.07) is 19.2. The van der Waals surface area contributed by atoms with Gasteiger partial charge in [-0.05, 0) is 113 Å². The first-order valence-corrected chi connectivity index (χ1v) is 14.9. The molecular formula is C36H34ClNO5. The third-order valence-corrected chi connectivity index (χ3v) is 8.31. The number of carbonyl (C=O) groups is 2. The number of pyridine rings is 1. The fraction of sp³-hybridized carbons (Fsp3) is 0.250. The summed E-state index contributed by atoms with van der Waals surface area (Å²) in [5.41, 5.74) is 4.66. The average molecular weight is 596 g/mol. The highest BCUT2D eigenvalue weighted by Gasteiger charge is 2.20. The van der Waals surface area contributed by atoms with Gasteiger partial charge in [0, 0.05) is 23.2 Å². The van der Waals surface area contributed by atoms with E-state index in [4.69, 9.17) is 26.6 Å². The molecule has 0 bridgehead atoms. The van der Waals surface area contributed by atoms with E-state index in [-0.39, 0.29) is 16.7 Å². The van der Waals surface area contributed by atoms with E-state index in [1.807, 2.05) is 25.3 Å². The van der Waals surface area contributed by atoms with Gasteiger partial charge >= 0.3 is 11.9 Å². The standard InChI is InChI=1S/C27H26ClNO.C9H8O4/c1-2-30-26-14-8-18(17-29-26)7-9-20-15-21-16-22(28)11-13-23(21)25-12-10-19-5-3-4-6-24(19)27(20)25;1-5-6(8(10)11)3-2-4-7(5)9(12)13/h5,8,10-17,20H,2-4,6-7,9H2,1H3;2-4H,1H3,(H,10,11)(H,12,13). The Balaban J connectivity index is 0.000000239. The Morgan fingerprint density at radius 2 is 1.72 bits per heavy atom. The summed E-state index contributed by atoms with van der Waals surface area (Å²) in [4.78, 5) is 25.6. The lowest BCUT2D eigenvalue weighted by Crippen LogP contribution is -2.22. The number of nitrogens with zero attached hydrogens (tertiary/aromatic N) is 1. The Hall–Kier alpha value is -4.42. The summed E-state index contributed by atoms with van der Waals surface area (Å²) in [6.07, 6.45) is 12.4. The maximum absolute atomic E-state index is 10.6. The molecular weight excluding hydrogens is 562 g/mol. The first-order valence-electron chi connectivity index (χ1n) is 14.5. The van der Waals surface area contributed by atoms with Crippen LogP contribution in [0.15, 0.2) is 66.9 Å². The van der Waals surface area contributed by atoms with Crippen LogP contribution in [0, 0.1) is 17.4 Å². The SMILES string of the molecule is CCOc1ccc(CCC2C=c3cc(Cl)ccc3=c3ccc4c(c32)CCCC=4)cn1.Cc1c(C(=O)O)cccc1C(=O)O. The van der Waals surface area contributed by atoms with Gasteiger partial charge in [0.15, 0.2) is 0 Å². The number of hydrogen-bond acceptors (Lipinski definition) is 4. The van der Waals surface area contributed by atoms with E-state index in [1.54, 1.807) is 5.56 Å². The molecule has 43 heavy (non-hydrogen) atoms. The van der Waals surface area contributed by atoms with E-state index in [0.29, 0.717) is 18.4 Å². The van der Waals surface area contributed by atoms with Crippen LogP contribution in [0.5, 0.6) is 5.88 Å². The van der Waals surface area contributed by atoms with Crippen LogP contribution in [0.25, 0.3) is 12.2 Å². The first kappa shape index (κ1) is 30.1. The summed E-state index contributed by atoms with van der Waals surface area (Å²) in [7, 11) is 0. The van der Waals surface area contributed by atoms with Crippen molar-refractivity contribution >= 4 is 35.7 Å². The van der Waals surface area contributed by atoms with Crippen LogP contribution in [0.3, 0.4) is 0 Å². The van der Waals surface area contributed by atoms with Gasteiger partial charge in [0.2, 0.25) is 5.88 Å². The van der Waals surface area contributed by atoms with Crippen LogP contribution in [-0.4, -0.2) is 33.7 Å². The Kier molecular flexibility index (Phi) is 9.27. The Labute approximate surface area is 255 Å². The molecule has 0 fully saturated rings. The molecule has 6 nitrogen and oxygen atoms in total. The van der Waals surface area contributed by atoms with Gasteiger partial charge in [0.05, 0.1) is 17.7 Å². The van der Waals surface area contributed by atoms with Crippen LogP contribution in [0.2, 0.25) is 5.02 Å². The molecule has 2 aliphatic rings. The number of carboxylic acids is 2. The molecule has 1 unspecified atom stereocenters. The topological polar surface area (TPSA) is 96.7 Å². The molecule has 7 heteroatoms. The van der Waals surface area contributed by atoms with Crippen LogP contribution < -0.4 is 15.2 Å². The fourth-order valence-corrected chi connectivity index (χ4v) is 6.18. The summed E-state index contributed by atoms with van der Waals surface area (Å²) in [6.45, 7) is 4.10. The first-order chi connectivity index (χ1) is 20.8. The predicted molar refractivity (Wildman–Crippen MR) is 168 cm³/mol. The molecule has 0 radical (unpaired) electrons. The molecule has 6 rings (SSSR count). The second kappa shape index (κ2) is 13.3. The van der Waals surface area contributed by atoms with Crippen molar-refractivity contribution in [1.82, 2.24) is 4.98 Å². The van der Waals surface area contributed by atoms with Crippen LogP contribution >= 0.6 is 11.6 Å². The molecule has 0 saturated carbocycles. The average Bonchev–Trinajstić information content (AvgIpc) is 3.00. The second-order valence-corrected chi connectivity index (χ2v) is 11.2. The lowest BCUT2D eigenvalue weighted by molar-refractivity contribution is 0.0696. The largest absolute Gasteiger partial charge is 0.478 e. The molecule has 1 heterocycles. The lowest BCUT2D eigenvalue weighted by atomic mass is 9.80. The molecule has 1 aromatic heterocycles. The molecule has 2 N–H and O–H groups in total. The van der Waals surface area contributed by atoms with E-state index < -0.39 is 11.9 Å². The van der Waals surface area contributed by atoms with E-state index in [0.717, 1.165) is 17.9 Å². The fourth-order valence-electron chi connectivity index (χ4n) is 6.00. The van der Waals surface area contributed by atoms with Crippen molar-refractivity contribution in [2.75, 3.05) is 6.61 Å². The normalized spacial score (nSPS) is 14.4. The highest BCUT2D eigenvalue weighted by Crippen LogP contribution is 2.31. The third-order valence-electron chi connectivity index (χ3n) is 8.07. The van der Waals surface area contributed by atoms with Crippen molar-refractivity contribution in [2.45, 2.75) is 51.9 Å². The molecule has 4 aromatic rings. The second-order valence-electron chi connectivity index (χ2n) is 10.8. The molecule has 0 aliphatic heterocycles. The molecule has 0 saturated heterocycles. The zero-order chi connectivity index (χ0) is 30.5. The lowest BCUT2D eigenvalue weighted by Gasteiger charge is -2.24. The number of rotatable bonds is 7. The number of carboxylic acid groups (broad SMARTS) is 2. The Morgan fingerprint density at radius 1 is 0.977 bits per heavy atom. The van der Waals surface area contributed by atoms with E-state index in [2.05, 4.69) is 47.5 Å². The minimum Gasteiger partial charge on any atom is -0.478 e. The molecule has 1 atom stereocenters. The highest BCUT2D eigenvalue weighted by molar-refractivity contribution is 6.30. The van der Waals surface area contributed by atoms with Crippen molar-refractivity contribution < 1.29 is 24.5 Å². The van der Waals surface area contributed by atoms with Crippen LogP contribution in [0.4, 0.5) is 0 Å². The van der Waals surface area contributed by atoms with Gasteiger partial charge in [-0.1, -0.05) is 54.1 Å². The number of aryl methyl sites for hydroxylation is 1. The maximum Gasteiger partial charge on any atom is 0.335 e. The number of fused-ring (bicyclic) bond motifs is 4. The summed E-state index contributed by atoms with van der Waals surface area (Å²) >= 11 is 6.34. The van der Waals surface area contributed by atoms with Gasteiger partial charge in [0.25, 0.3) is 0 Å². The zero-order valence-corrected chi connectivity index (χ0v) is 25.0. The van der Waals surface area contributed by atoms with Crippen molar-refractivity contribution in [2.24, 2.45) is 0 Å². The number of ether oxygens (including phenoxy) is 1. The van der Waals surface area contributed by atoms with E-state index in [9.17, 15) is 9.59 Å². The smallest absolute Gasteiger partial charge is 0.335 e. The van der Waals surface area contributed by atoms with Crippen LogP contribution in [-0.2, 0) is 12.8 Å². The van der Waals surface area contributed by atoms with Gasteiger partial charge in [-0.15, -0.1) is 0 Å². The number of hydrogen-bond donors (Lipinski definition) is 2. The minimum atomic E-state index is -1.11. The Bertz CT molecular complexity index is 1870. The Morgan fingerprint density at radius 3 is 2.40 bits per heavy atom. The van der Waals surface area contributed by atoms with E-state index >= 15 is 0 Å². The summed E-state index contributed by atoms with van der Waals surface area (Å²) in [5.74, 6) is -1.14. The number of aromatic carboxylic acids is 2. The van der Waals surface area contributed by atoms with Crippen LogP contribution in [0.1, 0.15) is 75.1 Å². The molecule has 2 aliphatic carbocycles. The molecule has 0 amide bonds. The summed E-state index contributed by atoms with van der Waals surface area (Å²) in [5, 5.41) is 23.5. The number of aromatic nitrogens is 1. The zero-order valence-electron chi connectivity index (χ0n) is 24.3. The molecule has 3 aromatic carbocycles. The maximum atomic E-state index is 10.6. The van der Waals surface area contributed by atoms with Crippen molar-refractivity contribution in [3.63, 3.8) is 0 Å². The van der Waals surface area contributed by atoms with Crippen molar-refractivity contribution in [1.29, 1.82) is 0 Å². The number of benzene rings is 3. The van der Waals surface area contributed by atoms with Gasteiger partial charge in [-0.25, -0.2) is 14.6 Å². The third kappa shape index (κ3) is 6.65. The van der Waals surface area contributed by atoms with Gasteiger partial charge in [-0.3, -0.25) is 0 Å². The van der Waals surface area contributed by atoms with Crippen molar-refractivity contribution in [3.05, 3.63) is 126 Å². The predicted octanol–water partition coefficient (Wildman–Crippen LogP) is 6.44. The number of halogens is 1. The summed E-state index contributed by atoms with van der Waals surface area (Å²) < 4.78 is 5.48. The van der Waals surface area contributed by atoms with E-state index in [1.165, 1.54) is 76.4 Å². The minimum absolute atomic E-state index is 0.0277. The molecule has 0 spiro atoms. The highest BCUT2D eigenvalue weighted by atomic mass is 35.5. The van der Waals surface area contributed by atoms with Gasteiger partial charge in [-0.2, -0.15) is 0 Å². The van der Waals surface area contributed by atoms with Crippen molar-refractivity contribution in [3.8, 4) is 5.88 Å². The van der Waals surface area contributed by atoms with Gasteiger partial charge < -0.3 is 14.9 Å². The quantitative estimate of drug-likeness (QED) is 0.255. The van der Waals surface area contributed by atoms with Gasteiger partial charge in [0.1, 0.15) is 0 Å².